The summed E-state index contributed by atoms with van der Waals surface area (Å²) < 4.78 is 28.5. The topological polar surface area (TPSA) is 109 Å². The Labute approximate surface area is 205 Å². The summed E-state index contributed by atoms with van der Waals surface area (Å²) in [5.41, 5.74) is 1.71. The summed E-state index contributed by atoms with van der Waals surface area (Å²) in [6.45, 7) is 12.1. The third kappa shape index (κ3) is 6.99. The van der Waals surface area contributed by atoms with Gasteiger partial charge in [0.2, 0.25) is 21.8 Å². The van der Waals surface area contributed by atoms with Crippen LogP contribution in [0.2, 0.25) is 0 Å². The number of nitrogens with one attached hydrogen (secondary N) is 3. The molecular formula is C26H26N4O4S. The van der Waals surface area contributed by atoms with Crippen molar-refractivity contribution >= 4 is 33.2 Å². The Morgan fingerprint density at radius 2 is 1.63 bits per heavy atom. The maximum atomic E-state index is 12.9. The number of sulfonamides is 1. The Balaban J connectivity index is 1.67. The van der Waals surface area contributed by atoms with Gasteiger partial charge in [-0.3, -0.25) is 9.59 Å². The van der Waals surface area contributed by atoms with Crippen molar-refractivity contribution in [2.75, 3.05) is 11.9 Å². The molecule has 0 aliphatic heterocycles. The van der Waals surface area contributed by atoms with Gasteiger partial charge in [0, 0.05) is 22.4 Å². The van der Waals surface area contributed by atoms with Crippen LogP contribution >= 0.6 is 0 Å². The van der Waals surface area contributed by atoms with E-state index in [1.165, 1.54) is 6.07 Å². The highest BCUT2D eigenvalue weighted by Crippen LogP contribution is 2.29. The van der Waals surface area contributed by atoms with Crippen LogP contribution < -0.4 is 15.4 Å². The molecule has 0 saturated carbocycles. The second-order valence-electron chi connectivity index (χ2n) is 8.82. The molecule has 180 valence electrons. The molecule has 2 amide bonds. The van der Waals surface area contributed by atoms with Crippen LogP contribution in [0, 0.1) is 6.57 Å². The van der Waals surface area contributed by atoms with Crippen LogP contribution in [0.1, 0.15) is 31.1 Å². The molecule has 3 rings (SSSR count). The number of carbonyl (C=O) groups excluding carboxylic acids is 2. The molecule has 0 fully saturated rings. The molecule has 0 aromatic heterocycles. The first-order valence-electron chi connectivity index (χ1n) is 10.8. The maximum absolute atomic E-state index is 12.9. The highest BCUT2D eigenvalue weighted by atomic mass is 32.2. The highest BCUT2D eigenvalue weighted by molar-refractivity contribution is 7.89. The summed E-state index contributed by atoms with van der Waals surface area (Å²) >= 11 is 0. The van der Waals surface area contributed by atoms with Gasteiger partial charge in [0.15, 0.2) is 5.69 Å². The van der Waals surface area contributed by atoms with Crippen LogP contribution in [0.3, 0.4) is 0 Å². The summed E-state index contributed by atoms with van der Waals surface area (Å²) in [5, 5.41) is 5.22. The lowest BCUT2D eigenvalue weighted by molar-refractivity contribution is -0.115. The number of amides is 2. The van der Waals surface area contributed by atoms with Gasteiger partial charge in [-0.1, -0.05) is 48.5 Å². The van der Waals surface area contributed by atoms with E-state index in [1.807, 2.05) is 0 Å². The molecule has 0 atom stereocenters. The van der Waals surface area contributed by atoms with Crippen molar-refractivity contribution in [1.82, 2.24) is 10.0 Å². The zero-order chi connectivity index (χ0) is 25.6. The quantitative estimate of drug-likeness (QED) is 0.428. The lowest BCUT2D eigenvalue weighted by Gasteiger charge is -2.21. The molecular weight excluding hydrogens is 464 g/mol. The van der Waals surface area contributed by atoms with E-state index in [0.29, 0.717) is 28.1 Å². The minimum Gasteiger partial charge on any atom is -0.343 e. The van der Waals surface area contributed by atoms with Gasteiger partial charge in [0.05, 0.1) is 18.0 Å². The van der Waals surface area contributed by atoms with Crippen molar-refractivity contribution in [1.29, 1.82) is 0 Å². The van der Waals surface area contributed by atoms with Crippen LogP contribution in [-0.4, -0.2) is 32.3 Å². The van der Waals surface area contributed by atoms with E-state index in [2.05, 4.69) is 20.2 Å². The van der Waals surface area contributed by atoms with Crippen LogP contribution in [0.5, 0.6) is 0 Å². The van der Waals surface area contributed by atoms with E-state index in [1.54, 1.807) is 87.5 Å². The predicted octanol–water partition coefficient (Wildman–Crippen LogP) is 4.35. The number of hydrogen-bond acceptors (Lipinski definition) is 4. The van der Waals surface area contributed by atoms with Gasteiger partial charge in [0.25, 0.3) is 0 Å². The predicted molar refractivity (Wildman–Crippen MR) is 136 cm³/mol. The van der Waals surface area contributed by atoms with Gasteiger partial charge in [-0.15, -0.1) is 0 Å². The summed E-state index contributed by atoms with van der Waals surface area (Å²) in [7, 11) is -3.75. The van der Waals surface area contributed by atoms with Crippen molar-refractivity contribution < 1.29 is 18.0 Å². The number of nitrogens with zero attached hydrogens (tertiary/aromatic N) is 1. The molecule has 9 heteroatoms. The van der Waals surface area contributed by atoms with Gasteiger partial charge >= 0.3 is 0 Å². The second kappa shape index (κ2) is 10.5. The molecule has 8 nitrogen and oxygen atoms in total. The van der Waals surface area contributed by atoms with Gasteiger partial charge in [-0.2, -0.15) is 0 Å². The Bertz CT molecular complexity index is 1390. The first-order chi connectivity index (χ1) is 16.5. The Kier molecular flexibility index (Phi) is 7.69. The monoisotopic (exact) mass is 490 g/mol. The third-order valence-corrected chi connectivity index (χ3v) is 6.56. The highest BCUT2D eigenvalue weighted by Gasteiger charge is 2.24. The summed E-state index contributed by atoms with van der Waals surface area (Å²) in [6.07, 6.45) is 0. The van der Waals surface area contributed by atoms with Crippen molar-refractivity contribution in [2.45, 2.75) is 31.2 Å². The fraction of sp³-hybridized carbons (Fsp3) is 0.192. The smallest absolute Gasteiger partial charge is 0.250 e. The van der Waals surface area contributed by atoms with Crippen molar-refractivity contribution in [3.05, 3.63) is 89.8 Å². The molecule has 0 bridgehead atoms. The van der Waals surface area contributed by atoms with E-state index in [-0.39, 0.29) is 11.4 Å². The first kappa shape index (κ1) is 25.6. The Morgan fingerprint density at radius 1 is 0.943 bits per heavy atom. The number of rotatable bonds is 7. The Morgan fingerprint density at radius 3 is 2.29 bits per heavy atom. The van der Waals surface area contributed by atoms with E-state index in [4.69, 9.17) is 6.57 Å². The molecule has 0 aliphatic carbocycles. The molecule has 0 saturated heterocycles. The fourth-order valence-corrected chi connectivity index (χ4v) is 4.96. The SMILES string of the molecule is [C-]#[N+]c1cccc(C(=O)NCC(=O)Nc2ccc(-c3ccccc3S(=O)(=O)NC(C)(C)C)cc2)c1. The molecule has 0 heterocycles. The summed E-state index contributed by atoms with van der Waals surface area (Å²) in [5.74, 6) is -0.882. The van der Waals surface area contributed by atoms with Crippen molar-refractivity contribution in [3.63, 3.8) is 0 Å². The van der Waals surface area contributed by atoms with E-state index in [0.717, 1.165) is 0 Å². The lowest BCUT2D eigenvalue weighted by Crippen LogP contribution is -2.40. The normalized spacial score (nSPS) is 11.4. The first-order valence-corrected chi connectivity index (χ1v) is 12.3. The van der Waals surface area contributed by atoms with E-state index < -0.39 is 27.4 Å². The zero-order valence-electron chi connectivity index (χ0n) is 19.6. The molecule has 0 aliphatic rings. The van der Waals surface area contributed by atoms with Gasteiger partial charge < -0.3 is 10.6 Å². The largest absolute Gasteiger partial charge is 0.343 e. The lowest BCUT2D eigenvalue weighted by atomic mass is 10.1. The second-order valence-corrected chi connectivity index (χ2v) is 10.5. The van der Waals surface area contributed by atoms with Gasteiger partial charge in [-0.05, 0) is 50.6 Å². The average molecular weight is 491 g/mol. The summed E-state index contributed by atoms with van der Waals surface area (Å²) in [6, 6.07) is 19.7. The molecule has 0 radical (unpaired) electrons. The zero-order valence-corrected chi connectivity index (χ0v) is 20.4. The molecule has 35 heavy (non-hydrogen) atoms. The number of benzene rings is 3. The fourth-order valence-electron chi connectivity index (χ4n) is 3.32. The van der Waals surface area contributed by atoms with Gasteiger partial charge in [-0.25, -0.2) is 18.0 Å². The number of anilines is 1. The molecule has 3 aromatic carbocycles. The van der Waals surface area contributed by atoms with Gasteiger partial charge in [0.1, 0.15) is 0 Å². The third-order valence-electron chi connectivity index (χ3n) is 4.74. The van der Waals surface area contributed by atoms with Crippen LogP contribution in [0.25, 0.3) is 16.0 Å². The molecule has 0 spiro atoms. The Hall–Kier alpha value is -4.00. The van der Waals surface area contributed by atoms with Crippen LogP contribution in [0.15, 0.2) is 77.7 Å². The van der Waals surface area contributed by atoms with Crippen molar-refractivity contribution in [2.24, 2.45) is 0 Å². The minimum absolute atomic E-state index is 0.164. The molecule has 3 aromatic rings. The van der Waals surface area contributed by atoms with E-state index >= 15 is 0 Å². The summed E-state index contributed by atoms with van der Waals surface area (Å²) in [4.78, 5) is 28.0. The van der Waals surface area contributed by atoms with Crippen LogP contribution in [0.4, 0.5) is 11.4 Å². The molecule has 0 unspecified atom stereocenters. The van der Waals surface area contributed by atoms with Crippen molar-refractivity contribution in [3.8, 4) is 11.1 Å². The van der Waals surface area contributed by atoms with E-state index in [9.17, 15) is 18.0 Å². The number of hydrogen-bond donors (Lipinski definition) is 3. The maximum Gasteiger partial charge on any atom is 0.250 e. The molecule has 3 N–H and O–H groups in total. The minimum atomic E-state index is -3.75. The average Bonchev–Trinajstić information content (AvgIpc) is 2.81. The standard InChI is InChI=1S/C26H26N4O4S/c1-26(2,3)30-35(33,34)23-11-6-5-10-22(23)18-12-14-20(15-13-18)29-24(31)17-28-25(32)19-8-7-9-21(16-19)27-4/h5-16,30H,17H2,1-3H3,(H,28,32)(H,29,31). The van der Waals surface area contributed by atoms with Crippen LogP contribution in [-0.2, 0) is 14.8 Å². The number of carbonyl (C=O) groups is 2.